The molecule has 130 valence electrons. The third-order valence-corrected chi connectivity index (χ3v) is 4.84. The zero-order valence-corrected chi connectivity index (χ0v) is 14.9. The lowest BCUT2D eigenvalue weighted by atomic mass is 10.1. The summed E-state index contributed by atoms with van der Waals surface area (Å²) in [4.78, 5) is 5.15. The van der Waals surface area contributed by atoms with Crippen LogP contribution in [0, 0.1) is 0 Å². The maximum Gasteiger partial charge on any atom is 0.123 e. The Morgan fingerprint density at radius 1 is 1.13 bits per heavy atom. The largest absolute Gasteiger partial charge is 0.497 e. The molecule has 1 aromatic rings. The molecule has 0 saturated carbocycles. The van der Waals surface area contributed by atoms with E-state index in [1.165, 1.54) is 31.6 Å². The minimum absolute atomic E-state index is 0. The van der Waals surface area contributed by atoms with Crippen molar-refractivity contribution in [3.05, 3.63) is 23.8 Å². The first kappa shape index (κ1) is 18.3. The van der Waals surface area contributed by atoms with Crippen molar-refractivity contribution in [2.24, 2.45) is 0 Å². The molecular weight excluding hydrogens is 314 g/mol. The molecule has 2 fully saturated rings. The second-order valence-electron chi connectivity index (χ2n) is 6.14. The van der Waals surface area contributed by atoms with Crippen LogP contribution in [0.15, 0.2) is 18.2 Å². The van der Waals surface area contributed by atoms with Crippen molar-refractivity contribution in [1.82, 2.24) is 15.1 Å². The fraction of sp³-hybridized carbons (Fsp3) is 0.647. The maximum atomic E-state index is 5.49. The fourth-order valence-electron chi connectivity index (χ4n) is 3.48. The van der Waals surface area contributed by atoms with Gasteiger partial charge in [0, 0.05) is 50.9 Å². The monoisotopic (exact) mass is 341 g/mol. The molecule has 2 saturated heterocycles. The van der Waals surface area contributed by atoms with Gasteiger partial charge in [0.15, 0.2) is 0 Å². The zero-order chi connectivity index (χ0) is 15.4. The molecule has 0 amide bonds. The van der Waals surface area contributed by atoms with E-state index in [1.54, 1.807) is 14.2 Å². The van der Waals surface area contributed by atoms with E-state index in [2.05, 4.69) is 21.2 Å². The van der Waals surface area contributed by atoms with E-state index in [-0.39, 0.29) is 12.4 Å². The molecule has 0 spiro atoms. The minimum Gasteiger partial charge on any atom is -0.497 e. The minimum atomic E-state index is 0. The summed E-state index contributed by atoms with van der Waals surface area (Å²) in [5.74, 6) is 1.84. The second-order valence-corrected chi connectivity index (χ2v) is 6.14. The topological polar surface area (TPSA) is 37.0 Å². The summed E-state index contributed by atoms with van der Waals surface area (Å²) < 4.78 is 10.8. The first-order valence-corrected chi connectivity index (χ1v) is 8.18. The number of hydrogen-bond donors (Lipinski definition) is 1. The first-order chi connectivity index (χ1) is 10.8. The maximum absolute atomic E-state index is 5.49. The van der Waals surface area contributed by atoms with Gasteiger partial charge in [-0.2, -0.15) is 0 Å². The predicted molar refractivity (Wildman–Crippen MR) is 94.9 cm³/mol. The van der Waals surface area contributed by atoms with E-state index >= 15 is 0 Å². The van der Waals surface area contributed by atoms with Crippen molar-refractivity contribution in [1.29, 1.82) is 0 Å². The van der Waals surface area contributed by atoms with Gasteiger partial charge in [-0.05, 0) is 31.2 Å². The number of methoxy groups -OCH3 is 2. The van der Waals surface area contributed by atoms with Crippen molar-refractivity contribution in [3.63, 3.8) is 0 Å². The Morgan fingerprint density at radius 3 is 2.52 bits per heavy atom. The molecule has 1 N–H and O–H groups in total. The third kappa shape index (κ3) is 4.51. The molecule has 0 radical (unpaired) electrons. The average molecular weight is 342 g/mol. The highest BCUT2D eigenvalue weighted by atomic mass is 35.5. The van der Waals surface area contributed by atoms with Crippen LogP contribution in [0.1, 0.15) is 12.0 Å². The summed E-state index contributed by atoms with van der Waals surface area (Å²) in [7, 11) is 3.44. The van der Waals surface area contributed by atoms with Gasteiger partial charge < -0.3 is 14.8 Å². The van der Waals surface area contributed by atoms with Gasteiger partial charge in [-0.15, -0.1) is 12.4 Å². The summed E-state index contributed by atoms with van der Waals surface area (Å²) in [5, 5.41) is 3.46. The molecule has 2 aliphatic rings. The number of ether oxygens (including phenoxy) is 2. The molecule has 0 bridgehead atoms. The number of benzene rings is 1. The van der Waals surface area contributed by atoms with Gasteiger partial charge >= 0.3 is 0 Å². The Hall–Kier alpha value is -1.01. The standard InChI is InChI=1S/C17H27N3O2.ClH/c1-21-16-3-4-17(22-2)14(11-16)13-19-7-9-20(10-8-19)15-5-6-18-12-15;/h3-4,11,15,18H,5-10,12-13H2,1-2H3;1H. The molecule has 3 rings (SSSR count). The van der Waals surface area contributed by atoms with Gasteiger partial charge in [-0.25, -0.2) is 0 Å². The van der Waals surface area contributed by atoms with Gasteiger partial charge in [0.25, 0.3) is 0 Å². The van der Waals surface area contributed by atoms with Crippen LogP contribution in [0.4, 0.5) is 0 Å². The normalized spacial score (nSPS) is 22.6. The van der Waals surface area contributed by atoms with Crippen LogP contribution in [-0.4, -0.2) is 69.3 Å². The first-order valence-electron chi connectivity index (χ1n) is 8.18. The summed E-state index contributed by atoms with van der Waals surface area (Å²) >= 11 is 0. The summed E-state index contributed by atoms with van der Waals surface area (Å²) in [6, 6.07) is 6.78. The van der Waals surface area contributed by atoms with Gasteiger partial charge in [0.2, 0.25) is 0 Å². The lowest BCUT2D eigenvalue weighted by Crippen LogP contribution is -2.50. The zero-order valence-electron chi connectivity index (χ0n) is 14.1. The average Bonchev–Trinajstić information content (AvgIpc) is 3.10. The van der Waals surface area contributed by atoms with E-state index in [0.29, 0.717) is 0 Å². The Kier molecular flexibility index (Phi) is 6.96. The van der Waals surface area contributed by atoms with Crippen LogP contribution < -0.4 is 14.8 Å². The highest BCUT2D eigenvalue weighted by Gasteiger charge is 2.26. The van der Waals surface area contributed by atoms with Crippen molar-refractivity contribution >= 4 is 12.4 Å². The quantitative estimate of drug-likeness (QED) is 0.880. The van der Waals surface area contributed by atoms with Crippen LogP contribution in [0.25, 0.3) is 0 Å². The Bertz CT molecular complexity index is 487. The van der Waals surface area contributed by atoms with Gasteiger partial charge in [-0.1, -0.05) is 0 Å². The van der Waals surface area contributed by atoms with Crippen LogP contribution in [0.3, 0.4) is 0 Å². The molecule has 5 nitrogen and oxygen atoms in total. The van der Waals surface area contributed by atoms with Gasteiger partial charge in [-0.3, -0.25) is 9.80 Å². The molecule has 0 aliphatic carbocycles. The van der Waals surface area contributed by atoms with Crippen LogP contribution in [0.2, 0.25) is 0 Å². The van der Waals surface area contributed by atoms with E-state index < -0.39 is 0 Å². The van der Waals surface area contributed by atoms with Crippen molar-refractivity contribution in [2.45, 2.75) is 19.0 Å². The summed E-state index contributed by atoms with van der Waals surface area (Å²) in [6.07, 6.45) is 1.30. The lowest BCUT2D eigenvalue weighted by molar-refractivity contribution is 0.0975. The van der Waals surface area contributed by atoms with Gasteiger partial charge in [0.1, 0.15) is 11.5 Å². The van der Waals surface area contributed by atoms with Gasteiger partial charge in [0.05, 0.1) is 14.2 Å². The Balaban J connectivity index is 0.00000192. The fourth-order valence-corrected chi connectivity index (χ4v) is 3.48. The lowest BCUT2D eigenvalue weighted by Gasteiger charge is -2.38. The molecule has 23 heavy (non-hydrogen) atoms. The van der Waals surface area contributed by atoms with Crippen LogP contribution >= 0.6 is 12.4 Å². The molecule has 1 unspecified atom stereocenters. The van der Waals surface area contributed by atoms with E-state index in [1.807, 2.05) is 12.1 Å². The molecule has 6 heteroatoms. The number of hydrogen-bond acceptors (Lipinski definition) is 5. The Labute approximate surface area is 145 Å². The second kappa shape index (κ2) is 8.73. The predicted octanol–water partition coefficient (Wildman–Crippen LogP) is 1.61. The molecule has 1 atom stereocenters. The number of nitrogens with zero attached hydrogens (tertiary/aromatic N) is 2. The van der Waals surface area contributed by atoms with E-state index in [9.17, 15) is 0 Å². The van der Waals surface area contributed by atoms with Crippen LogP contribution in [-0.2, 0) is 6.54 Å². The molecule has 0 aromatic heterocycles. The van der Waals surface area contributed by atoms with Crippen molar-refractivity contribution < 1.29 is 9.47 Å². The smallest absolute Gasteiger partial charge is 0.123 e. The highest BCUT2D eigenvalue weighted by molar-refractivity contribution is 5.85. The summed E-state index contributed by atoms with van der Waals surface area (Å²) in [5.41, 5.74) is 1.21. The highest BCUT2D eigenvalue weighted by Crippen LogP contribution is 2.26. The number of piperazine rings is 1. The molecule has 2 heterocycles. The number of halogens is 1. The molecule has 1 aromatic carbocycles. The number of rotatable bonds is 5. The van der Waals surface area contributed by atoms with Crippen molar-refractivity contribution in [3.8, 4) is 11.5 Å². The van der Waals surface area contributed by atoms with Crippen molar-refractivity contribution in [2.75, 3.05) is 53.5 Å². The Morgan fingerprint density at radius 2 is 1.91 bits per heavy atom. The summed E-state index contributed by atoms with van der Waals surface area (Å²) in [6.45, 7) is 7.83. The number of nitrogens with one attached hydrogen (secondary N) is 1. The molecular formula is C17H28ClN3O2. The third-order valence-electron chi connectivity index (χ3n) is 4.84. The van der Waals surface area contributed by atoms with E-state index in [4.69, 9.17) is 9.47 Å². The van der Waals surface area contributed by atoms with E-state index in [0.717, 1.165) is 43.7 Å². The SMILES string of the molecule is COc1ccc(OC)c(CN2CCN(C3CCNC3)CC2)c1.Cl. The van der Waals surface area contributed by atoms with Crippen LogP contribution in [0.5, 0.6) is 11.5 Å². The molecule has 2 aliphatic heterocycles.